The van der Waals surface area contributed by atoms with E-state index in [0.717, 1.165) is 5.75 Å². The first-order chi connectivity index (χ1) is 3.41. The van der Waals surface area contributed by atoms with Crippen LogP contribution in [0.4, 0.5) is 0 Å². The zero-order valence-corrected chi connectivity index (χ0v) is 6.31. The van der Waals surface area contributed by atoms with Crippen molar-refractivity contribution < 1.29 is 0 Å². The van der Waals surface area contributed by atoms with Gasteiger partial charge in [-0.05, 0) is 17.9 Å². The summed E-state index contributed by atoms with van der Waals surface area (Å²) in [6.07, 6.45) is 6.33. The Morgan fingerprint density at radius 3 is 2.57 bits per heavy atom. The summed E-state index contributed by atoms with van der Waals surface area (Å²) in [5.74, 6) is 1.14. The van der Waals surface area contributed by atoms with Gasteiger partial charge in [0.15, 0.2) is 0 Å². The van der Waals surface area contributed by atoms with Gasteiger partial charge in [-0.3, -0.25) is 0 Å². The van der Waals surface area contributed by atoms with E-state index in [4.69, 9.17) is 0 Å². The molecule has 0 saturated heterocycles. The van der Waals surface area contributed by atoms with Crippen LogP contribution in [0.15, 0.2) is 11.5 Å². The van der Waals surface area contributed by atoms with Crippen molar-refractivity contribution in [1.82, 2.24) is 0 Å². The van der Waals surface area contributed by atoms with Crippen LogP contribution in [0.3, 0.4) is 0 Å². The van der Waals surface area contributed by atoms with Gasteiger partial charge in [0.05, 0.1) is 0 Å². The van der Waals surface area contributed by atoms with Gasteiger partial charge in [0, 0.05) is 5.75 Å². The molecule has 7 heavy (non-hydrogen) atoms. The summed E-state index contributed by atoms with van der Waals surface area (Å²) in [4.78, 5) is 0. The average molecular weight is 134 g/mol. The maximum absolute atomic E-state index is 2.16. The van der Waals surface area contributed by atoms with Crippen LogP contribution in [0.5, 0.6) is 0 Å². The molecule has 0 spiro atoms. The van der Waals surface area contributed by atoms with Gasteiger partial charge in [0.25, 0.3) is 0 Å². The molecule has 0 nitrogen and oxygen atoms in total. The zero-order valence-electron chi connectivity index (χ0n) is 4.68. The van der Waals surface area contributed by atoms with Crippen LogP contribution in [0, 0.1) is 0 Å². The molecule has 0 saturated carbocycles. The Morgan fingerprint density at radius 2 is 2.14 bits per heavy atom. The molecule has 0 unspecified atom stereocenters. The molecular formula is C5H10S2. The van der Waals surface area contributed by atoms with E-state index < -0.39 is 0 Å². The predicted molar refractivity (Wildman–Crippen MR) is 41.0 cm³/mol. The second-order valence-corrected chi connectivity index (χ2v) is 2.72. The highest BCUT2D eigenvalue weighted by atomic mass is 32.2. The van der Waals surface area contributed by atoms with Crippen LogP contribution in [-0.4, -0.2) is 18.3 Å². The summed E-state index contributed by atoms with van der Waals surface area (Å²) < 4.78 is 0. The first kappa shape index (κ1) is 7.44. The fraction of sp³-hybridized carbons (Fsp3) is 0.600. The highest BCUT2D eigenvalue weighted by Crippen LogP contribution is 1.96. The lowest BCUT2D eigenvalue weighted by Crippen LogP contribution is -1.61. The fourth-order valence-electron chi connectivity index (χ4n) is 0.232. The summed E-state index contributed by atoms with van der Waals surface area (Å²) >= 11 is 3.59. The normalized spacial score (nSPS) is 10.6. The van der Waals surface area contributed by atoms with Crippen LogP contribution in [0.25, 0.3) is 0 Å². The van der Waals surface area contributed by atoms with E-state index in [2.05, 4.69) is 24.0 Å². The monoisotopic (exact) mass is 134 g/mol. The summed E-state index contributed by atoms with van der Waals surface area (Å²) in [5, 5.41) is 2.11. The van der Waals surface area contributed by atoms with E-state index in [-0.39, 0.29) is 0 Å². The van der Waals surface area contributed by atoms with Crippen molar-refractivity contribution >= 4 is 23.5 Å². The van der Waals surface area contributed by atoms with E-state index in [1.165, 1.54) is 0 Å². The zero-order chi connectivity index (χ0) is 5.54. The Balaban J connectivity index is 2.78. The van der Waals surface area contributed by atoms with Crippen LogP contribution in [0.1, 0.15) is 0 Å². The summed E-state index contributed by atoms with van der Waals surface area (Å²) in [7, 11) is 0. The lowest BCUT2D eigenvalue weighted by Gasteiger charge is -1.80. The molecule has 0 heterocycles. The largest absolute Gasteiger partial charge is 0.161 e. The van der Waals surface area contributed by atoms with Gasteiger partial charge in [-0.25, -0.2) is 0 Å². The van der Waals surface area contributed by atoms with Gasteiger partial charge in [-0.15, -0.1) is 11.8 Å². The lowest BCUT2D eigenvalue weighted by atomic mass is 10.8. The summed E-state index contributed by atoms with van der Waals surface area (Å²) in [5.41, 5.74) is 0. The number of rotatable bonds is 3. The quantitative estimate of drug-likeness (QED) is 0.580. The van der Waals surface area contributed by atoms with Crippen LogP contribution >= 0.6 is 23.5 Å². The Morgan fingerprint density at radius 1 is 1.43 bits per heavy atom. The number of thioether (sulfide) groups is 2. The minimum atomic E-state index is 1.14. The minimum absolute atomic E-state index is 1.14. The standard InChI is InChI=1S/C5H10S2/c1-6-4-3-5-7-2/h3-4H,5H2,1-2H3/b4-3-. The molecule has 0 rings (SSSR count). The third-order valence-electron chi connectivity index (χ3n) is 0.495. The third-order valence-corrected chi connectivity index (χ3v) is 1.49. The second kappa shape index (κ2) is 6.44. The SMILES string of the molecule is CS/C=C\CSC. The molecular weight excluding hydrogens is 124 g/mol. The van der Waals surface area contributed by atoms with Crippen molar-refractivity contribution in [2.24, 2.45) is 0 Å². The Kier molecular flexibility index (Phi) is 6.84. The highest BCUT2D eigenvalue weighted by Gasteiger charge is 1.67. The van der Waals surface area contributed by atoms with E-state index in [1.807, 2.05) is 11.8 Å². The molecule has 0 bridgehead atoms. The molecule has 0 N–H and O–H groups in total. The lowest BCUT2D eigenvalue weighted by molar-refractivity contribution is 1.81. The van der Waals surface area contributed by atoms with Crippen molar-refractivity contribution in [3.8, 4) is 0 Å². The van der Waals surface area contributed by atoms with Crippen molar-refractivity contribution in [3.05, 3.63) is 11.5 Å². The smallest absolute Gasteiger partial charge is 0.0118 e. The molecule has 0 aliphatic heterocycles. The van der Waals surface area contributed by atoms with Crippen LogP contribution < -0.4 is 0 Å². The van der Waals surface area contributed by atoms with Gasteiger partial charge in [-0.1, -0.05) is 6.08 Å². The Hall–Kier alpha value is 0.440. The first-order valence-electron chi connectivity index (χ1n) is 2.08. The first-order valence-corrected chi connectivity index (χ1v) is 4.76. The molecule has 0 aliphatic carbocycles. The van der Waals surface area contributed by atoms with Crippen LogP contribution in [0.2, 0.25) is 0 Å². The maximum atomic E-state index is 2.16. The Labute approximate surface area is 53.8 Å². The van der Waals surface area contributed by atoms with Gasteiger partial charge in [0.1, 0.15) is 0 Å². The molecule has 42 valence electrons. The van der Waals surface area contributed by atoms with Gasteiger partial charge < -0.3 is 0 Å². The van der Waals surface area contributed by atoms with Gasteiger partial charge in [0.2, 0.25) is 0 Å². The molecule has 0 aromatic heterocycles. The molecule has 2 heteroatoms. The molecule has 0 amide bonds. The predicted octanol–water partition coefficient (Wildman–Crippen LogP) is 2.23. The van der Waals surface area contributed by atoms with Crippen molar-refractivity contribution in [1.29, 1.82) is 0 Å². The summed E-state index contributed by atoms with van der Waals surface area (Å²) in [6, 6.07) is 0. The van der Waals surface area contributed by atoms with Gasteiger partial charge in [-0.2, -0.15) is 11.8 Å². The topological polar surface area (TPSA) is 0 Å². The van der Waals surface area contributed by atoms with Crippen molar-refractivity contribution in [2.75, 3.05) is 18.3 Å². The molecule has 0 radical (unpaired) electrons. The van der Waals surface area contributed by atoms with Crippen molar-refractivity contribution in [2.45, 2.75) is 0 Å². The van der Waals surface area contributed by atoms with E-state index in [0.29, 0.717) is 0 Å². The maximum Gasteiger partial charge on any atom is 0.0118 e. The third kappa shape index (κ3) is 6.44. The molecule has 0 fully saturated rings. The fourth-order valence-corrected chi connectivity index (χ4v) is 0.931. The van der Waals surface area contributed by atoms with Gasteiger partial charge >= 0.3 is 0 Å². The van der Waals surface area contributed by atoms with E-state index >= 15 is 0 Å². The number of hydrogen-bond acceptors (Lipinski definition) is 2. The van der Waals surface area contributed by atoms with E-state index in [1.54, 1.807) is 11.8 Å². The van der Waals surface area contributed by atoms with E-state index in [9.17, 15) is 0 Å². The van der Waals surface area contributed by atoms with Crippen LogP contribution in [-0.2, 0) is 0 Å². The number of hydrogen-bond donors (Lipinski definition) is 0. The molecule has 0 aromatic rings. The Bertz CT molecular complexity index is 50.0. The molecule has 0 aliphatic rings. The molecule has 0 atom stereocenters. The molecule has 0 aromatic carbocycles. The highest BCUT2D eigenvalue weighted by molar-refractivity contribution is 8.01. The average Bonchev–Trinajstić information content (AvgIpc) is 1.69. The second-order valence-electron chi connectivity index (χ2n) is 1.06. The van der Waals surface area contributed by atoms with Crippen molar-refractivity contribution in [3.63, 3.8) is 0 Å². The summed E-state index contributed by atoms with van der Waals surface area (Å²) in [6.45, 7) is 0. The minimum Gasteiger partial charge on any atom is -0.161 e.